The number of carbonyl (C=O) groups excluding carboxylic acids is 1. The van der Waals surface area contributed by atoms with Crippen LogP contribution in [0.2, 0.25) is 0 Å². The molecule has 0 spiro atoms. The average Bonchev–Trinajstić information content (AvgIpc) is 2.78. The molecular weight excluding hydrogens is 202 g/mol. The van der Waals surface area contributed by atoms with Crippen LogP contribution >= 0.6 is 0 Å². The minimum Gasteiger partial charge on any atom is -0.294 e. The summed E-state index contributed by atoms with van der Waals surface area (Å²) in [6, 6.07) is 3.54. The van der Waals surface area contributed by atoms with E-state index < -0.39 is 0 Å². The van der Waals surface area contributed by atoms with Gasteiger partial charge in [-0.1, -0.05) is 0 Å². The van der Waals surface area contributed by atoms with Crippen molar-refractivity contribution in [1.29, 1.82) is 0 Å². The van der Waals surface area contributed by atoms with Gasteiger partial charge in [0, 0.05) is 37.1 Å². The van der Waals surface area contributed by atoms with Crippen LogP contribution in [0.15, 0.2) is 36.9 Å². The number of hydrogen-bond donors (Lipinski definition) is 0. The first-order valence-corrected chi connectivity index (χ1v) is 5.24. The third kappa shape index (κ3) is 2.34. The van der Waals surface area contributed by atoms with Crippen LogP contribution in [0.4, 0.5) is 0 Å². The van der Waals surface area contributed by atoms with Crippen LogP contribution in [-0.4, -0.2) is 20.5 Å². The second-order valence-corrected chi connectivity index (χ2v) is 3.55. The van der Waals surface area contributed by atoms with E-state index in [9.17, 15) is 4.79 Å². The molecule has 2 aromatic heterocycles. The first kappa shape index (κ1) is 10.5. The molecule has 0 radical (unpaired) electrons. The van der Waals surface area contributed by atoms with E-state index in [-0.39, 0.29) is 5.78 Å². The fourth-order valence-corrected chi connectivity index (χ4v) is 1.49. The van der Waals surface area contributed by atoms with Crippen LogP contribution in [0.3, 0.4) is 0 Å². The molecule has 82 valence electrons. The molecule has 0 bridgehead atoms. The van der Waals surface area contributed by atoms with Crippen LogP contribution in [-0.2, 0) is 13.0 Å². The number of carbonyl (C=O) groups is 1. The fourth-order valence-electron chi connectivity index (χ4n) is 1.49. The van der Waals surface area contributed by atoms with E-state index in [1.54, 1.807) is 30.7 Å². The molecule has 0 aliphatic rings. The molecule has 2 rings (SSSR count). The number of pyridine rings is 1. The smallest absolute Gasteiger partial charge is 0.168 e. The second kappa shape index (κ2) is 4.70. The van der Waals surface area contributed by atoms with Crippen molar-refractivity contribution in [3.05, 3.63) is 48.0 Å². The molecule has 0 amide bonds. The van der Waals surface area contributed by atoms with Crippen molar-refractivity contribution in [1.82, 2.24) is 14.8 Å². The lowest BCUT2D eigenvalue weighted by Crippen LogP contribution is -2.03. The van der Waals surface area contributed by atoms with Crippen LogP contribution < -0.4 is 0 Å². The van der Waals surface area contributed by atoms with Crippen LogP contribution in [0.5, 0.6) is 0 Å². The summed E-state index contributed by atoms with van der Waals surface area (Å²) in [4.78, 5) is 15.8. The highest BCUT2D eigenvalue weighted by atomic mass is 16.1. The Hall–Kier alpha value is -1.97. The van der Waals surface area contributed by atoms with Crippen LogP contribution in [0.1, 0.15) is 22.8 Å². The molecule has 4 heteroatoms. The van der Waals surface area contributed by atoms with Gasteiger partial charge in [0.15, 0.2) is 5.78 Å². The van der Waals surface area contributed by atoms with E-state index in [1.807, 2.05) is 17.8 Å². The maximum atomic E-state index is 11.8. The fraction of sp³-hybridized carbons (Fsp3) is 0.250. The van der Waals surface area contributed by atoms with E-state index >= 15 is 0 Å². The summed E-state index contributed by atoms with van der Waals surface area (Å²) in [5, 5.41) is 4.13. The first-order valence-electron chi connectivity index (χ1n) is 5.24. The van der Waals surface area contributed by atoms with Crippen molar-refractivity contribution in [3.63, 3.8) is 0 Å². The quantitative estimate of drug-likeness (QED) is 0.730. The Labute approximate surface area is 93.9 Å². The molecule has 16 heavy (non-hydrogen) atoms. The Morgan fingerprint density at radius 2 is 2.31 bits per heavy atom. The van der Waals surface area contributed by atoms with Gasteiger partial charge in [0.1, 0.15) is 0 Å². The van der Waals surface area contributed by atoms with Gasteiger partial charge in [-0.2, -0.15) is 5.10 Å². The summed E-state index contributed by atoms with van der Waals surface area (Å²) in [5.41, 5.74) is 1.59. The summed E-state index contributed by atoms with van der Waals surface area (Å²) < 4.78 is 1.81. The van der Waals surface area contributed by atoms with Gasteiger partial charge in [-0.25, -0.2) is 0 Å². The van der Waals surface area contributed by atoms with Gasteiger partial charge in [-0.05, 0) is 24.6 Å². The molecule has 2 aromatic rings. The van der Waals surface area contributed by atoms with Crippen LogP contribution in [0.25, 0.3) is 0 Å². The zero-order valence-electron chi connectivity index (χ0n) is 9.13. The van der Waals surface area contributed by atoms with Crippen molar-refractivity contribution < 1.29 is 4.79 Å². The summed E-state index contributed by atoms with van der Waals surface area (Å²) >= 11 is 0. The zero-order valence-corrected chi connectivity index (χ0v) is 9.13. The standard InChI is InChI=1S/C12H13N3O/c1-2-15-9-10(7-14-15)6-12(16)11-4-3-5-13-8-11/h3-5,7-9H,2,6H2,1H3. The monoisotopic (exact) mass is 215 g/mol. The van der Waals surface area contributed by atoms with E-state index in [1.165, 1.54) is 0 Å². The van der Waals surface area contributed by atoms with Crippen molar-refractivity contribution in [3.8, 4) is 0 Å². The minimum atomic E-state index is 0.0729. The number of aryl methyl sites for hydroxylation is 1. The Kier molecular flexibility index (Phi) is 3.10. The summed E-state index contributed by atoms with van der Waals surface area (Å²) in [6.45, 7) is 2.83. The van der Waals surface area contributed by atoms with Crippen molar-refractivity contribution in [2.24, 2.45) is 0 Å². The maximum Gasteiger partial charge on any atom is 0.168 e. The van der Waals surface area contributed by atoms with Gasteiger partial charge in [0.25, 0.3) is 0 Å². The minimum absolute atomic E-state index is 0.0729. The number of ketones is 1. The molecule has 0 unspecified atom stereocenters. The molecular formula is C12H13N3O. The van der Waals surface area contributed by atoms with Gasteiger partial charge in [-0.3, -0.25) is 14.5 Å². The lowest BCUT2D eigenvalue weighted by Gasteiger charge is -1.97. The largest absolute Gasteiger partial charge is 0.294 e. The second-order valence-electron chi connectivity index (χ2n) is 3.55. The normalized spacial score (nSPS) is 10.3. The number of aromatic nitrogens is 3. The van der Waals surface area contributed by atoms with E-state index in [4.69, 9.17) is 0 Å². The highest BCUT2D eigenvalue weighted by Crippen LogP contribution is 2.05. The zero-order chi connectivity index (χ0) is 11.4. The Morgan fingerprint density at radius 1 is 1.44 bits per heavy atom. The lowest BCUT2D eigenvalue weighted by atomic mass is 10.1. The van der Waals surface area contributed by atoms with Gasteiger partial charge in [-0.15, -0.1) is 0 Å². The third-order valence-corrected chi connectivity index (χ3v) is 2.36. The summed E-state index contributed by atoms with van der Waals surface area (Å²) in [5.74, 6) is 0.0729. The molecule has 0 saturated heterocycles. The van der Waals surface area contributed by atoms with Gasteiger partial charge in [0.05, 0.1) is 6.20 Å². The molecule has 0 N–H and O–H groups in total. The Morgan fingerprint density at radius 3 is 2.94 bits per heavy atom. The van der Waals surface area contributed by atoms with E-state index in [2.05, 4.69) is 10.1 Å². The third-order valence-electron chi connectivity index (χ3n) is 2.36. The highest BCUT2D eigenvalue weighted by Gasteiger charge is 2.08. The molecule has 0 aliphatic carbocycles. The molecule has 4 nitrogen and oxygen atoms in total. The van der Waals surface area contributed by atoms with E-state index in [0.29, 0.717) is 12.0 Å². The Bertz CT molecular complexity index is 476. The van der Waals surface area contributed by atoms with Crippen molar-refractivity contribution >= 4 is 5.78 Å². The number of Topliss-reactive ketones (excluding diaryl/α,β-unsaturated/α-hetero) is 1. The SMILES string of the molecule is CCn1cc(CC(=O)c2cccnc2)cn1. The van der Waals surface area contributed by atoms with Gasteiger partial charge < -0.3 is 0 Å². The Balaban J connectivity index is 2.08. The number of hydrogen-bond acceptors (Lipinski definition) is 3. The molecule has 0 atom stereocenters. The molecule has 0 fully saturated rings. The maximum absolute atomic E-state index is 11.8. The van der Waals surface area contributed by atoms with Gasteiger partial charge in [0.2, 0.25) is 0 Å². The predicted octanol–water partition coefficient (Wildman–Crippen LogP) is 1.72. The summed E-state index contributed by atoms with van der Waals surface area (Å²) in [7, 11) is 0. The molecule has 0 aliphatic heterocycles. The average molecular weight is 215 g/mol. The lowest BCUT2D eigenvalue weighted by molar-refractivity contribution is 0.0992. The highest BCUT2D eigenvalue weighted by molar-refractivity contribution is 5.97. The van der Waals surface area contributed by atoms with Gasteiger partial charge >= 0.3 is 0 Å². The predicted molar refractivity (Wildman–Crippen MR) is 60.2 cm³/mol. The topological polar surface area (TPSA) is 47.8 Å². The summed E-state index contributed by atoms with van der Waals surface area (Å²) in [6.07, 6.45) is 7.26. The molecule has 2 heterocycles. The molecule has 0 saturated carbocycles. The van der Waals surface area contributed by atoms with Crippen molar-refractivity contribution in [2.75, 3.05) is 0 Å². The number of rotatable bonds is 4. The van der Waals surface area contributed by atoms with E-state index in [0.717, 1.165) is 12.1 Å². The molecule has 0 aromatic carbocycles. The van der Waals surface area contributed by atoms with Crippen LogP contribution in [0, 0.1) is 0 Å². The van der Waals surface area contributed by atoms with Crippen molar-refractivity contribution in [2.45, 2.75) is 19.9 Å². The number of nitrogens with zero attached hydrogens (tertiary/aromatic N) is 3. The first-order chi connectivity index (χ1) is 7.79.